The molecule has 1 aliphatic heterocycles. The smallest absolute Gasteiger partial charge is 0.339 e. The van der Waals surface area contributed by atoms with Gasteiger partial charge in [0.1, 0.15) is 0 Å². The zero-order valence-electron chi connectivity index (χ0n) is 9.72. The third-order valence-electron chi connectivity index (χ3n) is 2.70. The summed E-state index contributed by atoms with van der Waals surface area (Å²) in [6, 6.07) is 3.34. The van der Waals surface area contributed by atoms with Crippen LogP contribution in [0.3, 0.4) is 0 Å². The molecule has 1 aromatic rings. The van der Waals surface area contributed by atoms with Crippen LogP contribution in [0.25, 0.3) is 0 Å². The van der Waals surface area contributed by atoms with Gasteiger partial charge >= 0.3 is 5.97 Å². The minimum atomic E-state index is -1.42. The molecule has 0 amide bonds. The van der Waals surface area contributed by atoms with E-state index in [-0.39, 0.29) is 17.2 Å². The van der Waals surface area contributed by atoms with E-state index in [0.29, 0.717) is 11.3 Å². The van der Waals surface area contributed by atoms with Crippen molar-refractivity contribution in [2.24, 2.45) is 0 Å². The molecule has 2 atom stereocenters. The van der Waals surface area contributed by atoms with E-state index in [2.05, 4.69) is 0 Å². The highest BCUT2D eigenvalue weighted by Gasteiger charge is 2.29. The summed E-state index contributed by atoms with van der Waals surface area (Å²) in [4.78, 5) is 12.4. The fraction of sp³-hybridized carbons (Fsp3) is 0.417. The maximum Gasteiger partial charge on any atom is 0.339 e. The average molecular weight is 289 g/mol. The topological polar surface area (TPSA) is 66.8 Å². The largest absolute Gasteiger partial charge is 0.464 e. The lowest BCUT2D eigenvalue weighted by atomic mass is 10.0. The zero-order valence-corrected chi connectivity index (χ0v) is 11.3. The van der Waals surface area contributed by atoms with Gasteiger partial charge in [-0.05, 0) is 13.0 Å². The molecule has 0 spiro atoms. The number of rotatable bonds is 3. The molecule has 1 aromatic carbocycles. The fourth-order valence-corrected chi connectivity index (χ4v) is 3.35. The number of benzene rings is 1. The van der Waals surface area contributed by atoms with Crippen molar-refractivity contribution in [3.8, 4) is 0 Å². The quantitative estimate of drug-likeness (QED) is 0.834. The zero-order chi connectivity index (χ0) is 13.3. The van der Waals surface area contributed by atoms with Crippen LogP contribution in [0.15, 0.2) is 17.0 Å². The number of ether oxygens (including phenoxy) is 1. The van der Waals surface area contributed by atoms with Gasteiger partial charge in [-0.1, -0.05) is 17.7 Å². The summed E-state index contributed by atoms with van der Waals surface area (Å²) in [5, 5.41) is 19.9. The molecule has 0 saturated carbocycles. The summed E-state index contributed by atoms with van der Waals surface area (Å²) < 4.78 is 4.74. The summed E-state index contributed by atoms with van der Waals surface area (Å²) in [6.07, 6.45) is -2.08. The number of halogens is 1. The molecule has 2 rings (SSSR count). The van der Waals surface area contributed by atoms with Crippen molar-refractivity contribution < 1.29 is 19.7 Å². The normalized spacial score (nSPS) is 19.4. The Kier molecular flexibility index (Phi) is 4.17. The minimum absolute atomic E-state index is 0.191. The van der Waals surface area contributed by atoms with Crippen molar-refractivity contribution in [1.82, 2.24) is 0 Å². The molecule has 0 radical (unpaired) electrons. The third-order valence-corrected chi connectivity index (χ3v) is 4.28. The third kappa shape index (κ3) is 2.36. The Morgan fingerprint density at radius 1 is 1.67 bits per heavy atom. The van der Waals surface area contributed by atoms with Crippen molar-refractivity contribution >= 4 is 29.3 Å². The molecule has 2 N–H and O–H groups in total. The first-order chi connectivity index (χ1) is 8.56. The van der Waals surface area contributed by atoms with Crippen LogP contribution < -0.4 is 0 Å². The number of aliphatic hydroxyl groups is 2. The van der Waals surface area contributed by atoms with Crippen LogP contribution in [0.4, 0.5) is 0 Å². The molecule has 6 heteroatoms. The van der Waals surface area contributed by atoms with E-state index in [1.54, 1.807) is 19.1 Å². The molecule has 1 aliphatic rings. The number of esters is 1. The van der Waals surface area contributed by atoms with E-state index in [9.17, 15) is 15.0 Å². The molecular formula is C12H13ClO4S. The van der Waals surface area contributed by atoms with Gasteiger partial charge < -0.3 is 14.9 Å². The summed E-state index contributed by atoms with van der Waals surface area (Å²) in [5.74, 6) is -0.201. The van der Waals surface area contributed by atoms with Crippen molar-refractivity contribution in [3.05, 3.63) is 28.3 Å². The molecule has 18 heavy (non-hydrogen) atoms. The van der Waals surface area contributed by atoms with E-state index < -0.39 is 18.2 Å². The van der Waals surface area contributed by atoms with Gasteiger partial charge in [0.25, 0.3) is 0 Å². The second-order valence-electron chi connectivity index (χ2n) is 3.86. The Morgan fingerprint density at radius 2 is 2.39 bits per heavy atom. The van der Waals surface area contributed by atoms with Crippen molar-refractivity contribution in [2.45, 2.75) is 24.0 Å². The second kappa shape index (κ2) is 5.48. The van der Waals surface area contributed by atoms with E-state index in [0.717, 1.165) is 4.90 Å². The first-order valence-electron chi connectivity index (χ1n) is 5.54. The maximum atomic E-state index is 11.5. The number of aliphatic hydroxyl groups excluding tert-OH is 2. The van der Waals surface area contributed by atoms with Crippen LogP contribution in [-0.2, 0) is 9.53 Å². The SMILES string of the molecule is CCOC(=O)C(O)c1ccc2c(c1Cl)C(O)CS2. The monoisotopic (exact) mass is 288 g/mol. The van der Waals surface area contributed by atoms with Gasteiger partial charge in [-0.2, -0.15) is 0 Å². The van der Waals surface area contributed by atoms with Gasteiger partial charge in [-0.3, -0.25) is 0 Å². The van der Waals surface area contributed by atoms with E-state index >= 15 is 0 Å². The van der Waals surface area contributed by atoms with Crippen molar-refractivity contribution in [3.63, 3.8) is 0 Å². The van der Waals surface area contributed by atoms with Crippen LogP contribution >= 0.6 is 23.4 Å². The predicted octanol–water partition coefficient (Wildman–Crippen LogP) is 2.08. The highest BCUT2D eigenvalue weighted by Crippen LogP contribution is 2.44. The highest BCUT2D eigenvalue weighted by molar-refractivity contribution is 7.99. The molecule has 0 bridgehead atoms. The summed E-state index contributed by atoms with van der Waals surface area (Å²) >= 11 is 7.64. The van der Waals surface area contributed by atoms with Gasteiger partial charge in [0, 0.05) is 21.8 Å². The summed E-state index contributed by atoms with van der Waals surface area (Å²) in [7, 11) is 0. The van der Waals surface area contributed by atoms with Crippen molar-refractivity contribution in [2.75, 3.05) is 12.4 Å². The number of hydrogen-bond donors (Lipinski definition) is 2. The second-order valence-corrected chi connectivity index (χ2v) is 5.30. The lowest BCUT2D eigenvalue weighted by Gasteiger charge is -2.15. The van der Waals surface area contributed by atoms with Crippen LogP contribution in [0.2, 0.25) is 5.02 Å². The standard InChI is InChI=1S/C12H13ClO4S/c1-2-17-12(16)11(15)6-3-4-8-9(10(6)13)7(14)5-18-8/h3-4,7,11,14-15H,2,5H2,1H3. The number of carbonyl (C=O) groups is 1. The minimum Gasteiger partial charge on any atom is -0.464 e. The Hall–Kier alpha value is -0.750. The Labute approximate surface area is 114 Å². The molecule has 1 heterocycles. The van der Waals surface area contributed by atoms with Gasteiger partial charge in [0.15, 0.2) is 6.10 Å². The highest BCUT2D eigenvalue weighted by atomic mass is 35.5. The molecule has 4 nitrogen and oxygen atoms in total. The van der Waals surface area contributed by atoms with Crippen LogP contribution in [0.1, 0.15) is 30.3 Å². The maximum absolute atomic E-state index is 11.5. The lowest BCUT2D eigenvalue weighted by Crippen LogP contribution is -2.16. The predicted molar refractivity (Wildman–Crippen MR) is 68.7 cm³/mol. The van der Waals surface area contributed by atoms with Gasteiger partial charge in [-0.25, -0.2) is 4.79 Å². The van der Waals surface area contributed by atoms with Crippen molar-refractivity contribution in [1.29, 1.82) is 0 Å². The number of carbonyl (C=O) groups excluding carboxylic acids is 1. The molecule has 98 valence electrons. The summed E-state index contributed by atoms with van der Waals surface area (Å²) in [5.41, 5.74) is 0.859. The molecule has 0 aromatic heterocycles. The van der Waals surface area contributed by atoms with Crippen LogP contribution in [-0.4, -0.2) is 28.5 Å². The first-order valence-corrected chi connectivity index (χ1v) is 6.90. The molecule has 0 saturated heterocycles. The van der Waals surface area contributed by atoms with Gasteiger partial charge in [0.05, 0.1) is 17.7 Å². The fourth-order valence-electron chi connectivity index (χ4n) is 1.84. The number of hydrogen-bond acceptors (Lipinski definition) is 5. The van der Waals surface area contributed by atoms with Gasteiger partial charge in [0.2, 0.25) is 0 Å². The van der Waals surface area contributed by atoms with E-state index in [1.165, 1.54) is 11.8 Å². The Balaban J connectivity index is 2.36. The molecule has 2 unspecified atom stereocenters. The van der Waals surface area contributed by atoms with Gasteiger partial charge in [-0.15, -0.1) is 11.8 Å². The first kappa shape index (κ1) is 13.7. The Morgan fingerprint density at radius 3 is 3.06 bits per heavy atom. The van der Waals surface area contributed by atoms with Crippen LogP contribution in [0, 0.1) is 0 Å². The molecular weight excluding hydrogens is 276 g/mol. The summed E-state index contributed by atoms with van der Waals surface area (Å²) in [6.45, 7) is 1.85. The number of thioether (sulfide) groups is 1. The molecule has 0 fully saturated rings. The van der Waals surface area contributed by atoms with E-state index in [1.807, 2.05) is 0 Å². The lowest BCUT2D eigenvalue weighted by molar-refractivity contribution is -0.153. The van der Waals surface area contributed by atoms with Crippen LogP contribution in [0.5, 0.6) is 0 Å². The average Bonchev–Trinajstić information content (AvgIpc) is 2.72. The molecule has 0 aliphatic carbocycles. The van der Waals surface area contributed by atoms with E-state index in [4.69, 9.17) is 16.3 Å². The Bertz CT molecular complexity index is 477. The number of fused-ring (bicyclic) bond motifs is 1.